The summed E-state index contributed by atoms with van der Waals surface area (Å²) in [7, 11) is 0. The molecule has 100 valence electrons. The third kappa shape index (κ3) is 5.42. The minimum absolute atomic E-state index is 0.246. The Hall–Kier alpha value is -1.20. The standard InChI is InChI=1S/C13H19NO3S/c1-10(9-18-2)14-6-7-17-12-5-3-4-11(8-12)13(15)16/h3-5,8,10,14H,6-7,9H2,1-2H3,(H,15,16). The molecule has 0 bridgehead atoms. The molecule has 1 unspecified atom stereocenters. The van der Waals surface area contributed by atoms with E-state index in [0.717, 1.165) is 12.3 Å². The summed E-state index contributed by atoms with van der Waals surface area (Å²) in [5.41, 5.74) is 0.246. The van der Waals surface area contributed by atoms with Gasteiger partial charge in [0.25, 0.3) is 0 Å². The van der Waals surface area contributed by atoms with Gasteiger partial charge in [-0.15, -0.1) is 0 Å². The van der Waals surface area contributed by atoms with Crippen molar-refractivity contribution in [3.8, 4) is 5.75 Å². The fourth-order valence-corrected chi connectivity index (χ4v) is 2.12. The molecule has 1 aromatic carbocycles. The van der Waals surface area contributed by atoms with Crippen LogP contribution in [0.1, 0.15) is 17.3 Å². The second kappa shape index (κ2) is 8.00. The van der Waals surface area contributed by atoms with E-state index in [1.54, 1.807) is 30.0 Å². The molecule has 0 amide bonds. The van der Waals surface area contributed by atoms with Crippen molar-refractivity contribution in [2.24, 2.45) is 0 Å². The number of carboxylic acid groups (broad SMARTS) is 1. The molecule has 1 aromatic rings. The fraction of sp³-hybridized carbons (Fsp3) is 0.462. The first-order chi connectivity index (χ1) is 8.63. The van der Waals surface area contributed by atoms with Crippen LogP contribution in [-0.2, 0) is 0 Å². The van der Waals surface area contributed by atoms with Gasteiger partial charge in [-0.25, -0.2) is 4.79 Å². The molecule has 2 N–H and O–H groups in total. The smallest absolute Gasteiger partial charge is 0.335 e. The first-order valence-corrected chi connectivity index (χ1v) is 7.21. The van der Waals surface area contributed by atoms with E-state index in [2.05, 4.69) is 18.5 Å². The molecule has 1 rings (SSSR count). The molecule has 0 spiro atoms. The Labute approximate surface area is 112 Å². The van der Waals surface area contributed by atoms with Crippen molar-refractivity contribution in [3.05, 3.63) is 29.8 Å². The van der Waals surface area contributed by atoms with E-state index in [0.29, 0.717) is 18.4 Å². The van der Waals surface area contributed by atoms with Crippen LogP contribution in [0.5, 0.6) is 5.75 Å². The SMILES string of the molecule is CSCC(C)NCCOc1cccc(C(=O)O)c1. The first-order valence-electron chi connectivity index (χ1n) is 5.82. The molecule has 0 fully saturated rings. The summed E-state index contributed by atoms with van der Waals surface area (Å²) in [6.45, 7) is 3.41. The minimum Gasteiger partial charge on any atom is -0.492 e. The monoisotopic (exact) mass is 269 g/mol. The molecule has 0 aliphatic rings. The summed E-state index contributed by atoms with van der Waals surface area (Å²) in [6, 6.07) is 6.98. The van der Waals surface area contributed by atoms with Crippen molar-refractivity contribution in [1.29, 1.82) is 0 Å². The fourth-order valence-electron chi connectivity index (χ4n) is 1.50. The number of thioether (sulfide) groups is 1. The van der Waals surface area contributed by atoms with E-state index < -0.39 is 5.97 Å². The maximum absolute atomic E-state index is 10.8. The number of hydrogen-bond donors (Lipinski definition) is 2. The average molecular weight is 269 g/mol. The number of carbonyl (C=O) groups is 1. The maximum Gasteiger partial charge on any atom is 0.335 e. The Morgan fingerprint density at radius 2 is 2.33 bits per heavy atom. The van der Waals surface area contributed by atoms with Crippen molar-refractivity contribution in [2.45, 2.75) is 13.0 Å². The molecular formula is C13H19NO3S. The summed E-state index contributed by atoms with van der Waals surface area (Å²) < 4.78 is 5.49. The van der Waals surface area contributed by atoms with Crippen LogP contribution in [0.25, 0.3) is 0 Å². The second-order valence-corrected chi connectivity index (χ2v) is 4.90. The van der Waals surface area contributed by atoms with Crippen LogP contribution >= 0.6 is 11.8 Å². The highest BCUT2D eigenvalue weighted by Crippen LogP contribution is 2.12. The molecule has 18 heavy (non-hydrogen) atoms. The van der Waals surface area contributed by atoms with Crippen molar-refractivity contribution in [1.82, 2.24) is 5.32 Å². The molecular weight excluding hydrogens is 250 g/mol. The Balaban J connectivity index is 2.31. The molecule has 0 aromatic heterocycles. The molecule has 0 radical (unpaired) electrons. The normalized spacial score (nSPS) is 12.1. The van der Waals surface area contributed by atoms with Gasteiger partial charge >= 0.3 is 5.97 Å². The van der Waals surface area contributed by atoms with E-state index in [9.17, 15) is 4.79 Å². The summed E-state index contributed by atoms with van der Waals surface area (Å²) >= 11 is 1.80. The zero-order valence-corrected chi connectivity index (χ0v) is 11.5. The lowest BCUT2D eigenvalue weighted by atomic mass is 10.2. The topological polar surface area (TPSA) is 58.6 Å². The van der Waals surface area contributed by atoms with Crippen LogP contribution in [0.4, 0.5) is 0 Å². The van der Waals surface area contributed by atoms with Crippen molar-refractivity contribution >= 4 is 17.7 Å². The van der Waals surface area contributed by atoms with Gasteiger partial charge in [0.2, 0.25) is 0 Å². The lowest BCUT2D eigenvalue weighted by Crippen LogP contribution is -2.31. The lowest BCUT2D eigenvalue weighted by Gasteiger charge is -2.13. The number of rotatable bonds is 8. The van der Waals surface area contributed by atoms with Crippen LogP contribution in [0.15, 0.2) is 24.3 Å². The molecule has 0 aliphatic carbocycles. The van der Waals surface area contributed by atoms with Crippen LogP contribution in [0, 0.1) is 0 Å². The van der Waals surface area contributed by atoms with Gasteiger partial charge in [-0.2, -0.15) is 11.8 Å². The van der Waals surface area contributed by atoms with Gasteiger partial charge in [0.1, 0.15) is 12.4 Å². The van der Waals surface area contributed by atoms with Gasteiger partial charge in [-0.05, 0) is 31.4 Å². The highest BCUT2D eigenvalue weighted by molar-refractivity contribution is 7.98. The number of nitrogens with one attached hydrogen (secondary N) is 1. The quantitative estimate of drug-likeness (QED) is 0.708. The minimum atomic E-state index is -0.938. The summed E-state index contributed by atoms with van der Waals surface area (Å²) in [5, 5.41) is 12.2. The molecule has 0 saturated heterocycles. The Morgan fingerprint density at radius 3 is 3.00 bits per heavy atom. The summed E-state index contributed by atoms with van der Waals surface area (Å²) in [5.74, 6) is 0.718. The predicted molar refractivity (Wildman–Crippen MR) is 74.7 cm³/mol. The number of hydrogen-bond acceptors (Lipinski definition) is 4. The van der Waals surface area contributed by atoms with E-state index >= 15 is 0 Å². The van der Waals surface area contributed by atoms with Crippen molar-refractivity contribution < 1.29 is 14.6 Å². The van der Waals surface area contributed by atoms with E-state index in [1.807, 2.05) is 0 Å². The van der Waals surface area contributed by atoms with Crippen LogP contribution in [-0.4, -0.2) is 42.3 Å². The zero-order valence-electron chi connectivity index (χ0n) is 10.7. The number of ether oxygens (including phenoxy) is 1. The summed E-state index contributed by atoms with van der Waals surface area (Å²) in [4.78, 5) is 10.8. The molecule has 0 saturated carbocycles. The van der Waals surface area contributed by atoms with Gasteiger partial charge in [-0.3, -0.25) is 0 Å². The lowest BCUT2D eigenvalue weighted by molar-refractivity contribution is 0.0696. The average Bonchev–Trinajstić information content (AvgIpc) is 2.35. The Bertz CT molecular complexity index is 384. The van der Waals surface area contributed by atoms with Crippen molar-refractivity contribution in [2.75, 3.05) is 25.2 Å². The second-order valence-electron chi connectivity index (χ2n) is 3.99. The zero-order chi connectivity index (χ0) is 13.4. The van der Waals surface area contributed by atoms with Crippen molar-refractivity contribution in [3.63, 3.8) is 0 Å². The third-order valence-corrected chi connectivity index (χ3v) is 3.19. The molecule has 0 aliphatic heterocycles. The highest BCUT2D eigenvalue weighted by Gasteiger charge is 2.04. The molecule has 4 nitrogen and oxygen atoms in total. The molecule has 0 heterocycles. The number of benzene rings is 1. The van der Waals surface area contributed by atoms with Gasteiger partial charge in [0.15, 0.2) is 0 Å². The van der Waals surface area contributed by atoms with Crippen LogP contribution in [0.3, 0.4) is 0 Å². The maximum atomic E-state index is 10.8. The Morgan fingerprint density at radius 1 is 1.56 bits per heavy atom. The van der Waals surface area contributed by atoms with E-state index in [4.69, 9.17) is 9.84 Å². The molecule has 1 atom stereocenters. The van der Waals surface area contributed by atoms with Crippen LogP contribution < -0.4 is 10.1 Å². The largest absolute Gasteiger partial charge is 0.492 e. The first kappa shape index (κ1) is 14.9. The number of carboxylic acids is 1. The molecule has 5 heteroatoms. The highest BCUT2D eigenvalue weighted by atomic mass is 32.2. The van der Waals surface area contributed by atoms with Gasteiger partial charge < -0.3 is 15.2 Å². The third-order valence-electron chi connectivity index (χ3n) is 2.36. The van der Waals surface area contributed by atoms with Gasteiger partial charge in [0.05, 0.1) is 5.56 Å². The number of aromatic carboxylic acids is 1. The summed E-state index contributed by atoms with van der Waals surface area (Å²) in [6.07, 6.45) is 2.08. The van der Waals surface area contributed by atoms with E-state index in [-0.39, 0.29) is 5.56 Å². The predicted octanol–water partition coefficient (Wildman–Crippen LogP) is 2.10. The Kier molecular flexibility index (Phi) is 6.60. The van der Waals surface area contributed by atoms with Crippen LogP contribution in [0.2, 0.25) is 0 Å². The van der Waals surface area contributed by atoms with Gasteiger partial charge in [0, 0.05) is 18.3 Å². The van der Waals surface area contributed by atoms with Gasteiger partial charge in [-0.1, -0.05) is 6.07 Å². The van der Waals surface area contributed by atoms with E-state index in [1.165, 1.54) is 6.07 Å².